The molecule has 39 heavy (non-hydrogen) atoms. The lowest BCUT2D eigenvalue weighted by Gasteiger charge is -2.48. The third-order valence-electron chi connectivity index (χ3n) is 8.98. The van der Waals surface area contributed by atoms with E-state index in [0.717, 1.165) is 81.4 Å². The number of rotatable bonds is 4. The summed E-state index contributed by atoms with van der Waals surface area (Å²) in [7, 11) is 2.12. The maximum atomic E-state index is 16.7. The molecule has 2 aromatic heterocycles. The Morgan fingerprint density at radius 2 is 1.85 bits per heavy atom. The number of benzene rings is 2. The molecule has 0 saturated carbocycles. The van der Waals surface area contributed by atoms with Gasteiger partial charge in [0.2, 0.25) is 0 Å². The van der Waals surface area contributed by atoms with Crippen LogP contribution in [0.4, 0.5) is 10.2 Å². The standard InChI is InChI=1S/C29H33ClFN7O/c1-17-3-4-18-14-33-36-25(18)22(17)23-21(30)13-20-26(24(23)31)34-28(39-19-5-9-37(2)10-6-19)35-27(20)38-11-7-29(8-12-38)15-32-16-29/h3-4,13-14,19,32H,5-12,15-16H2,1-2H3,(H,33,36). The van der Waals surface area contributed by atoms with Gasteiger partial charge in [-0.25, -0.2) is 4.39 Å². The first-order valence-electron chi connectivity index (χ1n) is 13.8. The van der Waals surface area contributed by atoms with Crippen LogP contribution in [0.5, 0.6) is 6.01 Å². The first-order chi connectivity index (χ1) is 18.9. The second-order valence-electron chi connectivity index (χ2n) is 11.6. The number of hydrogen-bond acceptors (Lipinski definition) is 7. The maximum Gasteiger partial charge on any atom is 0.319 e. The van der Waals surface area contributed by atoms with E-state index < -0.39 is 5.82 Å². The van der Waals surface area contributed by atoms with E-state index in [1.807, 2.05) is 25.1 Å². The van der Waals surface area contributed by atoms with Crippen LogP contribution in [-0.2, 0) is 0 Å². The van der Waals surface area contributed by atoms with Crippen LogP contribution in [0.15, 0.2) is 24.4 Å². The van der Waals surface area contributed by atoms with Crippen LogP contribution in [0.2, 0.25) is 5.02 Å². The van der Waals surface area contributed by atoms with Crippen LogP contribution in [-0.4, -0.2) is 77.5 Å². The zero-order valence-corrected chi connectivity index (χ0v) is 23.1. The molecule has 3 aliphatic rings. The normalized spacial score (nSPS) is 20.2. The molecular formula is C29H33ClFN7O. The van der Waals surface area contributed by atoms with Gasteiger partial charge in [0.15, 0.2) is 5.82 Å². The highest BCUT2D eigenvalue weighted by molar-refractivity contribution is 6.35. The van der Waals surface area contributed by atoms with Crippen molar-refractivity contribution in [2.75, 3.05) is 51.2 Å². The van der Waals surface area contributed by atoms with Gasteiger partial charge in [0.25, 0.3) is 0 Å². The van der Waals surface area contributed by atoms with Crippen LogP contribution in [0.3, 0.4) is 0 Å². The highest BCUT2D eigenvalue weighted by atomic mass is 35.5. The summed E-state index contributed by atoms with van der Waals surface area (Å²) in [6.45, 7) is 7.71. The van der Waals surface area contributed by atoms with Crippen molar-refractivity contribution in [3.63, 3.8) is 0 Å². The van der Waals surface area contributed by atoms with Gasteiger partial charge >= 0.3 is 6.01 Å². The first kappa shape index (κ1) is 25.0. The number of likely N-dealkylation sites (tertiary alicyclic amines) is 1. The number of piperidine rings is 2. The topological polar surface area (TPSA) is 82.2 Å². The molecule has 7 rings (SSSR count). The average molecular weight is 550 g/mol. The van der Waals surface area contributed by atoms with Crippen molar-refractivity contribution in [2.24, 2.45) is 5.41 Å². The second kappa shape index (κ2) is 9.57. The van der Waals surface area contributed by atoms with E-state index in [1.54, 1.807) is 6.20 Å². The monoisotopic (exact) mass is 549 g/mol. The molecule has 0 amide bonds. The summed E-state index contributed by atoms with van der Waals surface area (Å²) in [4.78, 5) is 14.1. The summed E-state index contributed by atoms with van der Waals surface area (Å²) >= 11 is 6.89. The third kappa shape index (κ3) is 4.31. The van der Waals surface area contributed by atoms with E-state index >= 15 is 4.39 Å². The Bertz CT molecular complexity index is 1550. The SMILES string of the molecule is Cc1ccc2cn[nH]c2c1-c1c(Cl)cc2c(N3CCC4(CC3)CNC4)nc(OC3CCN(C)CC3)nc2c1F. The van der Waals surface area contributed by atoms with Crippen LogP contribution < -0.4 is 15.0 Å². The van der Waals surface area contributed by atoms with Crippen molar-refractivity contribution in [2.45, 2.75) is 38.7 Å². The Morgan fingerprint density at radius 1 is 1.08 bits per heavy atom. The summed E-state index contributed by atoms with van der Waals surface area (Å²) in [6.07, 6.45) is 5.68. The van der Waals surface area contributed by atoms with Crippen molar-refractivity contribution < 1.29 is 9.13 Å². The van der Waals surface area contributed by atoms with Crippen LogP contribution in [0, 0.1) is 18.2 Å². The van der Waals surface area contributed by atoms with Gasteiger partial charge in [0.05, 0.1) is 16.7 Å². The molecule has 0 unspecified atom stereocenters. The van der Waals surface area contributed by atoms with Crippen LogP contribution >= 0.6 is 11.6 Å². The van der Waals surface area contributed by atoms with Gasteiger partial charge in [0, 0.05) is 61.2 Å². The van der Waals surface area contributed by atoms with E-state index in [-0.39, 0.29) is 17.6 Å². The lowest BCUT2D eigenvalue weighted by atomic mass is 9.73. The molecule has 3 saturated heterocycles. The highest BCUT2D eigenvalue weighted by Crippen LogP contribution is 2.43. The maximum absolute atomic E-state index is 16.7. The molecule has 0 atom stereocenters. The van der Waals surface area contributed by atoms with E-state index in [4.69, 9.17) is 21.3 Å². The number of nitrogens with one attached hydrogen (secondary N) is 2. The molecule has 4 aromatic rings. The molecule has 0 bridgehead atoms. The predicted molar refractivity (Wildman–Crippen MR) is 152 cm³/mol. The lowest BCUT2D eigenvalue weighted by Crippen LogP contribution is -2.58. The molecule has 2 N–H and O–H groups in total. The molecule has 204 valence electrons. The quantitative estimate of drug-likeness (QED) is 0.373. The van der Waals surface area contributed by atoms with Crippen molar-refractivity contribution in [3.05, 3.63) is 40.8 Å². The van der Waals surface area contributed by atoms with Crippen molar-refractivity contribution in [1.82, 2.24) is 30.4 Å². The summed E-state index contributed by atoms with van der Waals surface area (Å²) in [5, 5.41) is 12.5. The van der Waals surface area contributed by atoms with Gasteiger partial charge in [0.1, 0.15) is 17.4 Å². The number of ether oxygens (including phenoxy) is 1. The van der Waals surface area contributed by atoms with Gasteiger partial charge in [-0.05, 0) is 56.7 Å². The van der Waals surface area contributed by atoms with E-state index in [1.165, 1.54) is 0 Å². The fourth-order valence-corrected chi connectivity index (χ4v) is 6.69. The van der Waals surface area contributed by atoms with E-state index in [2.05, 4.69) is 37.3 Å². The molecule has 10 heteroatoms. The Hall–Kier alpha value is -3.01. The van der Waals surface area contributed by atoms with Crippen LogP contribution in [0.1, 0.15) is 31.2 Å². The Balaban J connectivity index is 1.36. The van der Waals surface area contributed by atoms with Gasteiger partial charge in [-0.15, -0.1) is 0 Å². The van der Waals surface area contributed by atoms with Gasteiger partial charge < -0.3 is 19.9 Å². The number of fused-ring (bicyclic) bond motifs is 2. The van der Waals surface area contributed by atoms with Gasteiger partial charge in [-0.2, -0.15) is 15.1 Å². The molecule has 3 aliphatic heterocycles. The van der Waals surface area contributed by atoms with Crippen LogP contribution in [0.25, 0.3) is 32.9 Å². The molecule has 1 spiro atoms. The first-order valence-corrected chi connectivity index (χ1v) is 14.2. The smallest absolute Gasteiger partial charge is 0.319 e. The molecule has 0 radical (unpaired) electrons. The highest BCUT2D eigenvalue weighted by Gasteiger charge is 2.40. The molecule has 0 aliphatic carbocycles. The number of nitrogens with zero attached hydrogens (tertiary/aromatic N) is 5. The van der Waals surface area contributed by atoms with E-state index in [0.29, 0.717) is 32.8 Å². The summed E-state index contributed by atoms with van der Waals surface area (Å²) in [5.41, 5.74) is 3.29. The Labute approximate surface area is 231 Å². The number of H-pyrrole nitrogens is 1. The van der Waals surface area contributed by atoms with E-state index in [9.17, 15) is 0 Å². The third-order valence-corrected chi connectivity index (χ3v) is 9.28. The minimum Gasteiger partial charge on any atom is -0.460 e. The van der Waals surface area contributed by atoms with Gasteiger partial charge in [-0.3, -0.25) is 5.10 Å². The van der Waals surface area contributed by atoms with Gasteiger partial charge in [-0.1, -0.05) is 23.7 Å². The zero-order chi connectivity index (χ0) is 26.7. The number of anilines is 1. The number of aryl methyl sites for hydroxylation is 1. The molecule has 2 aromatic carbocycles. The number of halogens is 2. The number of aromatic amines is 1. The van der Waals surface area contributed by atoms with Crippen molar-refractivity contribution >= 4 is 39.2 Å². The molecular weight excluding hydrogens is 517 g/mol. The minimum absolute atomic E-state index is 0.00740. The Kier molecular flexibility index (Phi) is 6.13. The largest absolute Gasteiger partial charge is 0.460 e. The van der Waals surface area contributed by atoms with Crippen molar-refractivity contribution in [1.29, 1.82) is 0 Å². The summed E-state index contributed by atoms with van der Waals surface area (Å²) in [5.74, 6) is 0.241. The number of hydrogen-bond donors (Lipinski definition) is 2. The number of aromatic nitrogens is 4. The zero-order valence-electron chi connectivity index (χ0n) is 22.4. The predicted octanol–water partition coefficient (Wildman–Crippen LogP) is 4.94. The molecule has 3 fully saturated rings. The fraction of sp³-hybridized carbons (Fsp3) is 0.483. The van der Waals surface area contributed by atoms with Crippen molar-refractivity contribution in [3.8, 4) is 17.1 Å². The minimum atomic E-state index is -0.462. The Morgan fingerprint density at radius 3 is 2.56 bits per heavy atom. The lowest BCUT2D eigenvalue weighted by molar-refractivity contribution is 0.105. The molecule has 5 heterocycles. The molecule has 8 nitrogen and oxygen atoms in total. The summed E-state index contributed by atoms with van der Waals surface area (Å²) in [6, 6.07) is 6.00. The summed E-state index contributed by atoms with van der Waals surface area (Å²) < 4.78 is 23.0. The second-order valence-corrected chi connectivity index (χ2v) is 12.0. The average Bonchev–Trinajstić information content (AvgIpc) is 3.39. The fourth-order valence-electron chi connectivity index (χ4n) is 6.40.